The van der Waals surface area contributed by atoms with Crippen LogP contribution in [0.15, 0.2) is 36.4 Å². The normalized spacial score (nSPS) is 20.8. The lowest BCUT2D eigenvalue weighted by molar-refractivity contribution is 0.153. The van der Waals surface area contributed by atoms with Crippen molar-refractivity contribution >= 4 is 0 Å². The van der Waals surface area contributed by atoms with Gasteiger partial charge in [-0.05, 0) is 43.3 Å². The van der Waals surface area contributed by atoms with Crippen LogP contribution in [-0.2, 0) is 0 Å². The number of hydrogen-bond acceptors (Lipinski definition) is 2. The largest absolute Gasteiger partial charge is 0.485 e. The van der Waals surface area contributed by atoms with Gasteiger partial charge in [0.2, 0.25) is 0 Å². The van der Waals surface area contributed by atoms with Gasteiger partial charge in [-0.3, -0.25) is 0 Å². The average molecular weight is 289 g/mol. The van der Waals surface area contributed by atoms with Gasteiger partial charge in [-0.25, -0.2) is 8.78 Å². The van der Waals surface area contributed by atoms with Crippen molar-refractivity contribution in [3.8, 4) is 5.75 Å². The Morgan fingerprint density at radius 2 is 1.95 bits per heavy atom. The van der Waals surface area contributed by atoms with Gasteiger partial charge < -0.3 is 10.1 Å². The Morgan fingerprint density at radius 3 is 2.67 bits per heavy atom. The zero-order chi connectivity index (χ0) is 15.0. The molecule has 1 aliphatic heterocycles. The van der Waals surface area contributed by atoms with E-state index in [2.05, 4.69) is 5.32 Å². The minimum absolute atomic E-state index is 0.0877. The molecule has 0 spiro atoms. The summed E-state index contributed by atoms with van der Waals surface area (Å²) in [4.78, 5) is 0. The maximum Gasteiger partial charge on any atom is 0.127 e. The molecule has 2 aromatic carbocycles. The predicted molar refractivity (Wildman–Crippen MR) is 77.3 cm³/mol. The van der Waals surface area contributed by atoms with Gasteiger partial charge in [-0.15, -0.1) is 0 Å². The van der Waals surface area contributed by atoms with Crippen LogP contribution >= 0.6 is 0 Å². The number of benzene rings is 2. The molecule has 0 aliphatic carbocycles. The first kappa shape index (κ1) is 14.0. The molecule has 3 rings (SSSR count). The highest BCUT2D eigenvalue weighted by molar-refractivity contribution is 5.40. The maximum atomic E-state index is 13.4. The van der Waals surface area contributed by atoms with Crippen molar-refractivity contribution < 1.29 is 13.5 Å². The van der Waals surface area contributed by atoms with E-state index < -0.39 is 0 Å². The van der Waals surface area contributed by atoms with E-state index in [9.17, 15) is 8.78 Å². The fourth-order valence-electron chi connectivity index (χ4n) is 2.79. The van der Waals surface area contributed by atoms with Crippen molar-refractivity contribution in [3.05, 3.63) is 64.7 Å². The molecule has 1 heterocycles. The molecule has 110 valence electrons. The van der Waals surface area contributed by atoms with E-state index >= 15 is 0 Å². The summed E-state index contributed by atoms with van der Waals surface area (Å²) in [5.41, 5.74) is 2.44. The van der Waals surface area contributed by atoms with Gasteiger partial charge in [0, 0.05) is 24.1 Å². The van der Waals surface area contributed by atoms with Gasteiger partial charge in [-0.2, -0.15) is 0 Å². The third-order valence-electron chi connectivity index (χ3n) is 3.97. The molecule has 21 heavy (non-hydrogen) atoms. The Labute approximate surface area is 122 Å². The number of halogens is 2. The second-order valence-electron chi connectivity index (χ2n) is 5.37. The van der Waals surface area contributed by atoms with Crippen LogP contribution in [0.4, 0.5) is 8.78 Å². The smallest absolute Gasteiger partial charge is 0.127 e. The van der Waals surface area contributed by atoms with Crippen LogP contribution in [0.3, 0.4) is 0 Å². The predicted octanol–water partition coefficient (Wildman–Crippen LogP) is 4.06. The molecule has 0 saturated carbocycles. The summed E-state index contributed by atoms with van der Waals surface area (Å²) < 4.78 is 32.7. The van der Waals surface area contributed by atoms with E-state index in [1.165, 1.54) is 18.2 Å². The fraction of sp³-hybridized carbons (Fsp3) is 0.294. The maximum absolute atomic E-state index is 13.4. The highest BCUT2D eigenvalue weighted by atomic mass is 19.1. The van der Waals surface area contributed by atoms with Gasteiger partial charge in [0.05, 0.1) is 0 Å². The molecule has 0 radical (unpaired) electrons. The van der Waals surface area contributed by atoms with Gasteiger partial charge in [0.1, 0.15) is 23.5 Å². The molecule has 4 heteroatoms. The van der Waals surface area contributed by atoms with E-state index in [1.807, 2.05) is 7.05 Å². The quantitative estimate of drug-likeness (QED) is 0.900. The number of rotatable bonds is 2. The van der Waals surface area contributed by atoms with E-state index in [1.54, 1.807) is 25.1 Å². The van der Waals surface area contributed by atoms with Gasteiger partial charge >= 0.3 is 0 Å². The van der Waals surface area contributed by atoms with Crippen LogP contribution in [0.2, 0.25) is 0 Å². The van der Waals surface area contributed by atoms with Gasteiger partial charge in [0.25, 0.3) is 0 Å². The van der Waals surface area contributed by atoms with Crippen molar-refractivity contribution in [2.45, 2.75) is 25.5 Å². The molecule has 0 bridgehead atoms. The molecule has 0 fully saturated rings. The molecule has 0 amide bonds. The standard InChI is InChI=1S/C17H17F2NO/c1-10-7-11(3-6-14(10)19)16-9-15(20-2)13-5-4-12(18)8-17(13)21-16/h3-8,15-16,20H,9H2,1-2H3. The van der Waals surface area contributed by atoms with Crippen molar-refractivity contribution in [2.75, 3.05) is 7.05 Å². The Bertz CT molecular complexity index is 672. The molecular formula is C17H17F2NO. The summed E-state index contributed by atoms with van der Waals surface area (Å²) in [6.45, 7) is 1.73. The van der Waals surface area contributed by atoms with Gasteiger partial charge in [0.15, 0.2) is 0 Å². The third kappa shape index (κ3) is 2.63. The summed E-state index contributed by atoms with van der Waals surface area (Å²) in [7, 11) is 1.87. The summed E-state index contributed by atoms with van der Waals surface area (Å²) in [5.74, 6) is -0.00158. The lowest BCUT2D eigenvalue weighted by atomic mass is 9.92. The number of fused-ring (bicyclic) bond motifs is 1. The summed E-state index contributed by atoms with van der Waals surface area (Å²) >= 11 is 0. The molecule has 1 N–H and O–H groups in total. The monoisotopic (exact) mass is 289 g/mol. The fourth-order valence-corrected chi connectivity index (χ4v) is 2.79. The van der Waals surface area contributed by atoms with Crippen molar-refractivity contribution in [2.24, 2.45) is 0 Å². The molecule has 2 unspecified atom stereocenters. The van der Waals surface area contributed by atoms with Crippen LogP contribution in [0.25, 0.3) is 0 Å². The molecule has 2 aromatic rings. The Kier molecular flexibility index (Phi) is 3.64. The number of hydrogen-bond donors (Lipinski definition) is 1. The minimum atomic E-state index is -0.320. The molecule has 2 nitrogen and oxygen atoms in total. The van der Waals surface area contributed by atoms with E-state index in [4.69, 9.17) is 4.74 Å². The molecule has 0 saturated heterocycles. The Balaban J connectivity index is 1.97. The summed E-state index contributed by atoms with van der Waals surface area (Å²) in [6, 6.07) is 9.64. The van der Waals surface area contributed by atoms with E-state index in [0.29, 0.717) is 11.3 Å². The lowest BCUT2D eigenvalue weighted by Gasteiger charge is -2.32. The van der Waals surface area contributed by atoms with E-state index in [0.717, 1.165) is 17.5 Å². The highest BCUT2D eigenvalue weighted by Gasteiger charge is 2.29. The average Bonchev–Trinajstić information content (AvgIpc) is 2.48. The zero-order valence-electron chi connectivity index (χ0n) is 12.0. The van der Waals surface area contributed by atoms with E-state index in [-0.39, 0.29) is 23.8 Å². The zero-order valence-corrected chi connectivity index (χ0v) is 12.0. The van der Waals surface area contributed by atoms with Crippen LogP contribution in [0.1, 0.15) is 35.3 Å². The SMILES string of the molecule is CNC1CC(c2ccc(F)c(C)c2)Oc2cc(F)ccc21. The second-order valence-corrected chi connectivity index (χ2v) is 5.37. The van der Waals surface area contributed by atoms with Gasteiger partial charge in [-0.1, -0.05) is 12.1 Å². The molecule has 1 aliphatic rings. The van der Waals surface area contributed by atoms with Crippen molar-refractivity contribution in [1.82, 2.24) is 5.32 Å². The number of nitrogens with one attached hydrogen (secondary N) is 1. The Hall–Kier alpha value is -1.94. The summed E-state index contributed by atoms with van der Waals surface area (Å²) in [6.07, 6.45) is 0.510. The van der Waals surface area contributed by atoms with Crippen molar-refractivity contribution in [3.63, 3.8) is 0 Å². The molecule has 0 aromatic heterocycles. The first-order valence-electron chi connectivity index (χ1n) is 6.98. The first-order valence-corrected chi connectivity index (χ1v) is 6.98. The summed E-state index contributed by atoms with van der Waals surface area (Å²) in [5, 5.41) is 3.23. The van der Waals surface area contributed by atoms with Crippen LogP contribution in [0, 0.1) is 18.6 Å². The number of aryl methyl sites for hydroxylation is 1. The Morgan fingerprint density at radius 1 is 1.14 bits per heavy atom. The third-order valence-corrected chi connectivity index (χ3v) is 3.97. The molecule has 2 atom stereocenters. The second kappa shape index (κ2) is 5.45. The lowest BCUT2D eigenvalue weighted by Crippen LogP contribution is -2.26. The molecular weight excluding hydrogens is 272 g/mol. The highest BCUT2D eigenvalue weighted by Crippen LogP contribution is 2.41. The first-order chi connectivity index (χ1) is 10.1. The van der Waals surface area contributed by atoms with Crippen LogP contribution < -0.4 is 10.1 Å². The minimum Gasteiger partial charge on any atom is -0.485 e. The van der Waals surface area contributed by atoms with Crippen molar-refractivity contribution in [1.29, 1.82) is 0 Å². The van der Waals surface area contributed by atoms with Crippen LogP contribution in [0.5, 0.6) is 5.75 Å². The topological polar surface area (TPSA) is 21.3 Å². The van der Waals surface area contributed by atoms with Crippen LogP contribution in [-0.4, -0.2) is 7.05 Å². The number of ether oxygens (including phenoxy) is 1.